The summed E-state index contributed by atoms with van der Waals surface area (Å²) in [5.41, 5.74) is 4.40. The summed E-state index contributed by atoms with van der Waals surface area (Å²) in [4.78, 5) is 16.1. The van der Waals surface area contributed by atoms with E-state index in [4.69, 9.17) is 27.9 Å². The fourth-order valence-corrected chi connectivity index (χ4v) is 3.70. The molecule has 1 N–H and O–H groups in total. The summed E-state index contributed by atoms with van der Waals surface area (Å²) < 4.78 is 6.72. The zero-order valence-corrected chi connectivity index (χ0v) is 16.8. The molecular weight excluding hydrogens is 387 g/mol. The fraction of sp³-hybridized carbons (Fsp3) is 0.200. The molecule has 3 rings (SSSR count). The number of hydrogen-bond acceptors (Lipinski definition) is 4. The Morgan fingerprint density at radius 1 is 1.15 bits per heavy atom. The summed E-state index contributed by atoms with van der Waals surface area (Å²) in [7, 11) is 1.27. The maximum absolute atomic E-state index is 11.8. The maximum atomic E-state index is 11.8. The van der Waals surface area contributed by atoms with Gasteiger partial charge in [-0.15, -0.1) is 0 Å². The Balaban J connectivity index is 2.10. The molecule has 0 bridgehead atoms. The number of carbonyl (C=O) groups is 1. The number of aromatic nitrogens is 1. The van der Waals surface area contributed by atoms with Crippen LogP contribution in [-0.2, 0) is 9.53 Å². The van der Waals surface area contributed by atoms with Gasteiger partial charge in [0.2, 0.25) is 0 Å². The van der Waals surface area contributed by atoms with Gasteiger partial charge in [0.15, 0.2) is 5.76 Å². The van der Waals surface area contributed by atoms with Gasteiger partial charge in [0, 0.05) is 27.1 Å². The van der Waals surface area contributed by atoms with Crippen molar-refractivity contribution >= 4 is 41.0 Å². The predicted molar refractivity (Wildman–Crippen MR) is 108 cm³/mol. The molecule has 0 saturated heterocycles. The van der Waals surface area contributed by atoms with Crippen LogP contribution in [0.25, 0.3) is 11.8 Å². The molecule has 0 spiro atoms. The summed E-state index contributed by atoms with van der Waals surface area (Å²) in [5.74, 6) is -0.800. The molecule has 1 aliphatic rings. The first-order chi connectivity index (χ1) is 12.7. The largest absolute Gasteiger partial charge is 0.505 e. The fourth-order valence-electron chi connectivity index (χ4n) is 3.18. The van der Waals surface area contributed by atoms with E-state index in [1.807, 2.05) is 36.6 Å². The zero-order valence-electron chi connectivity index (χ0n) is 15.3. The minimum atomic E-state index is -0.615. The monoisotopic (exact) mass is 404 g/mol. The van der Waals surface area contributed by atoms with Crippen molar-refractivity contribution in [3.63, 3.8) is 0 Å². The highest BCUT2D eigenvalue weighted by Crippen LogP contribution is 2.30. The number of esters is 1. The number of nitrogens with zero attached hydrogens (tertiary/aromatic N) is 2. The SMILES string of the molecule is COC(=O)C1=C(O)/C(=C/c2cc(C)n(-c3cc(Cl)cc(Cl)c3)c2C)N=C1C. The van der Waals surface area contributed by atoms with Gasteiger partial charge in [-0.05, 0) is 56.7 Å². The van der Waals surface area contributed by atoms with Crippen molar-refractivity contribution in [2.45, 2.75) is 20.8 Å². The molecule has 27 heavy (non-hydrogen) atoms. The van der Waals surface area contributed by atoms with Gasteiger partial charge in [-0.1, -0.05) is 23.2 Å². The van der Waals surface area contributed by atoms with Gasteiger partial charge in [-0.2, -0.15) is 0 Å². The lowest BCUT2D eigenvalue weighted by Gasteiger charge is -2.11. The molecule has 0 radical (unpaired) electrons. The van der Waals surface area contributed by atoms with Crippen molar-refractivity contribution in [2.75, 3.05) is 7.11 Å². The molecule has 0 saturated carbocycles. The Kier molecular flexibility index (Phi) is 5.18. The predicted octanol–water partition coefficient (Wildman–Crippen LogP) is 5.20. The normalized spacial score (nSPS) is 15.5. The number of halogens is 2. The number of aliphatic hydroxyl groups excluding tert-OH is 1. The number of rotatable bonds is 3. The van der Waals surface area contributed by atoms with Gasteiger partial charge in [0.25, 0.3) is 0 Å². The third-order valence-corrected chi connectivity index (χ3v) is 4.82. The first-order valence-corrected chi connectivity index (χ1v) is 8.93. The van der Waals surface area contributed by atoms with Crippen molar-refractivity contribution < 1.29 is 14.6 Å². The van der Waals surface area contributed by atoms with E-state index in [0.717, 1.165) is 22.6 Å². The maximum Gasteiger partial charge on any atom is 0.343 e. The number of methoxy groups -OCH3 is 1. The van der Waals surface area contributed by atoms with Crippen LogP contribution in [0.3, 0.4) is 0 Å². The smallest absolute Gasteiger partial charge is 0.343 e. The summed E-state index contributed by atoms with van der Waals surface area (Å²) in [6.07, 6.45) is 1.74. The Bertz CT molecular complexity index is 1030. The number of aliphatic imine (C=N–C) groups is 1. The van der Waals surface area contributed by atoms with Gasteiger partial charge >= 0.3 is 5.97 Å². The lowest BCUT2D eigenvalue weighted by atomic mass is 10.1. The zero-order chi connectivity index (χ0) is 19.9. The van der Waals surface area contributed by atoms with E-state index in [1.165, 1.54) is 7.11 Å². The molecule has 1 aliphatic heterocycles. The molecule has 2 aromatic rings. The Hall–Kier alpha value is -2.50. The summed E-state index contributed by atoms with van der Waals surface area (Å²) in [5, 5.41) is 11.5. The molecule has 1 aromatic heterocycles. The van der Waals surface area contributed by atoms with Crippen LogP contribution in [0.15, 0.2) is 46.3 Å². The molecule has 0 aliphatic carbocycles. The highest BCUT2D eigenvalue weighted by molar-refractivity contribution is 6.34. The second-order valence-corrected chi connectivity index (χ2v) is 7.10. The number of carbonyl (C=O) groups excluding carboxylic acids is 1. The molecule has 140 valence electrons. The van der Waals surface area contributed by atoms with E-state index in [-0.39, 0.29) is 11.3 Å². The average Bonchev–Trinajstić information content (AvgIpc) is 3.02. The average molecular weight is 405 g/mol. The minimum Gasteiger partial charge on any atom is -0.505 e. The second-order valence-electron chi connectivity index (χ2n) is 6.23. The van der Waals surface area contributed by atoms with Crippen LogP contribution >= 0.6 is 23.2 Å². The highest BCUT2D eigenvalue weighted by Gasteiger charge is 2.27. The first-order valence-electron chi connectivity index (χ1n) is 8.17. The van der Waals surface area contributed by atoms with Crippen molar-refractivity contribution in [3.05, 3.63) is 68.3 Å². The molecular formula is C20H18Cl2N2O3. The van der Waals surface area contributed by atoms with Crippen LogP contribution in [0.2, 0.25) is 10.0 Å². The number of aryl methyl sites for hydroxylation is 1. The number of hydrogen-bond donors (Lipinski definition) is 1. The first kappa shape index (κ1) is 19.3. The molecule has 0 fully saturated rings. The van der Waals surface area contributed by atoms with E-state index in [1.54, 1.807) is 19.1 Å². The van der Waals surface area contributed by atoms with Gasteiger partial charge < -0.3 is 14.4 Å². The third-order valence-electron chi connectivity index (χ3n) is 4.39. The Morgan fingerprint density at radius 2 is 1.78 bits per heavy atom. The van der Waals surface area contributed by atoms with Crippen molar-refractivity contribution in [3.8, 4) is 5.69 Å². The number of ether oxygens (including phenoxy) is 1. The second kappa shape index (κ2) is 7.25. The van der Waals surface area contributed by atoms with Crippen molar-refractivity contribution in [1.29, 1.82) is 0 Å². The van der Waals surface area contributed by atoms with Crippen LogP contribution in [0.4, 0.5) is 0 Å². The van der Waals surface area contributed by atoms with Crippen LogP contribution in [0.5, 0.6) is 0 Å². The van der Waals surface area contributed by atoms with E-state index in [9.17, 15) is 9.90 Å². The Labute approximate surface area is 167 Å². The topological polar surface area (TPSA) is 63.8 Å². The summed E-state index contributed by atoms with van der Waals surface area (Å²) >= 11 is 12.3. The number of aliphatic hydroxyl groups is 1. The molecule has 0 amide bonds. The molecule has 7 heteroatoms. The molecule has 0 atom stereocenters. The standard InChI is InChI=1S/C20H18Cl2N2O3/c1-10-5-13(6-17-19(25)18(11(2)23-17)20(26)27-4)12(3)24(10)16-8-14(21)7-15(22)9-16/h5-9,25H,1-4H3/b17-6-. The molecule has 0 unspecified atom stereocenters. The van der Waals surface area contributed by atoms with E-state index in [0.29, 0.717) is 21.5 Å². The van der Waals surface area contributed by atoms with Crippen LogP contribution in [-0.4, -0.2) is 28.5 Å². The van der Waals surface area contributed by atoms with Gasteiger partial charge in [0.05, 0.1) is 12.8 Å². The highest BCUT2D eigenvalue weighted by atomic mass is 35.5. The van der Waals surface area contributed by atoms with Crippen LogP contribution in [0.1, 0.15) is 23.9 Å². The molecule has 1 aromatic carbocycles. The minimum absolute atomic E-state index is 0.0826. The lowest BCUT2D eigenvalue weighted by molar-refractivity contribution is -0.135. The summed E-state index contributed by atoms with van der Waals surface area (Å²) in [6.45, 7) is 5.56. The molecule has 5 nitrogen and oxygen atoms in total. The van der Waals surface area contributed by atoms with Crippen LogP contribution < -0.4 is 0 Å². The summed E-state index contributed by atoms with van der Waals surface area (Å²) in [6, 6.07) is 7.30. The van der Waals surface area contributed by atoms with E-state index >= 15 is 0 Å². The van der Waals surface area contributed by atoms with Gasteiger partial charge in [-0.25, -0.2) is 9.79 Å². The van der Waals surface area contributed by atoms with Crippen LogP contribution in [0, 0.1) is 13.8 Å². The van der Waals surface area contributed by atoms with E-state index < -0.39 is 5.97 Å². The third kappa shape index (κ3) is 3.53. The lowest BCUT2D eigenvalue weighted by Crippen LogP contribution is -2.11. The number of benzene rings is 1. The van der Waals surface area contributed by atoms with Crippen molar-refractivity contribution in [2.24, 2.45) is 4.99 Å². The van der Waals surface area contributed by atoms with E-state index in [2.05, 4.69) is 4.99 Å². The Morgan fingerprint density at radius 3 is 2.37 bits per heavy atom. The van der Waals surface area contributed by atoms with Gasteiger partial charge in [0.1, 0.15) is 11.3 Å². The van der Waals surface area contributed by atoms with Gasteiger partial charge in [-0.3, -0.25) is 0 Å². The quantitative estimate of drug-likeness (QED) is 0.714. The molecule has 2 heterocycles. The van der Waals surface area contributed by atoms with Crippen molar-refractivity contribution in [1.82, 2.24) is 4.57 Å².